The van der Waals surface area contributed by atoms with Crippen LogP contribution in [-0.2, 0) is 11.2 Å². The number of Topliss-reactive ketones (excluding diaryl/α,β-unsaturated/α-hetero) is 1. The fourth-order valence-electron chi connectivity index (χ4n) is 1.93. The Kier molecular flexibility index (Phi) is 4.35. The first-order valence-corrected chi connectivity index (χ1v) is 6.46. The molecule has 2 rings (SSSR count). The molecule has 1 aromatic heterocycles. The van der Waals surface area contributed by atoms with Gasteiger partial charge in [0.25, 0.3) is 0 Å². The Morgan fingerprint density at radius 1 is 1.20 bits per heavy atom. The Morgan fingerprint density at radius 2 is 1.90 bits per heavy atom. The summed E-state index contributed by atoms with van der Waals surface area (Å²) in [5.74, 6) is 0.473. The predicted octanol–water partition coefficient (Wildman–Crippen LogP) is 3.19. The van der Waals surface area contributed by atoms with E-state index < -0.39 is 5.97 Å². The van der Waals surface area contributed by atoms with E-state index in [1.807, 2.05) is 18.2 Å². The van der Waals surface area contributed by atoms with Crippen molar-refractivity contribution in [3.63, 3.8) is 0 Å². The number of aryl methyl sites for hydroxylation is 1. The number of carbonyl (C=O) groups is 2. The van der Waals surface area contributed by atoms with Gasteiger partial charge in [-0.2, -0.15) is 0 Å². The van der Waals surface area contributed by atoms with Crippen LogP contribution in [-0.4, -0.2) is 18.4 Å². The lowest BCUT2D eigenvalue weighted by molar-refractivity contribution is 0.0524. The lowest BCUT2D eigenvalue weighted by atomic mass is 10.1. The first-order valence-electron chi connectivity index (χ1n) is 6.46. The third-order valence-electron chi connectivity index (χ3n) is 2.89. The number of hydrogen-bond acceptors (Lipinski definition) is 4. The molecule has 20 heavy (non-hydrogen) atoms. The largest absolute Gasteiger partial charge is 0.465 e. The van der Waals surface area contributed by atoms with Crippen LogP contribution in [0.3, 0.4) is 0 Å². The van der Waals surface area contributed by atoms with E-state index in [1.54, 1.807) is 32.0 Å². The Hall–Kier alpha value is -2.36. The molecule has 0 unspecified atom stereocenters. The van der Waals surface area contributed by atoms with Crippen LogP contribution in [0.4, 0.5) is 0 Å². The second kappa shape index (κ2) is 6.19. The van der Waals surface area contributed by atoms with Gasteiger partial charge in [-0.1, -0.05) is 30.3 Å². The molecule has 0 aliphatic carbocycles. The van der Waals surface area contributed by atoms with Crippen LogP contribution in [0.5, 0.6) is 0 Å². The fourth-order valence-corrected chi connectivity index (χ4v) is 1.93. The highest BCUT2D eigenvalue weighted by molar-refractivity contribution is 5.97. The maximum absolute atomic E-state index is 12.1. The van der Waals surface area contributed by atoms with Gasteiger partial charge < -0.3 is 9.15 Å². The molecule has 4 nitrogen and oxygen atoms in total. The van der Waals surface area contributed by atoms with Gasteiger partial charge in [0.2, 0.25) is 0 Å². The Labute approximate surface area is 117 Å². The van der Waals surface area contributed by atoms with E-state index in [0.717, 1.165) is 0 Å². The molecule has 0 fully saturated rings. The Balaban J connectivity index is 2.13. The highest BCUT2D eigenvalue weighted by Gasteiger charge is 2.18. The summed E-state index contributed by atoms with van der Waals surface area (Å²) in [4.78, 5) is 23.7. The van der Waals surface area contributed by atoms with Crippen LogP contribution in [0, 0.1) is 6.92 Å². The fraction of sp³-hybridized carbons (Fsp3) is 0.250. The highest BCUT2D eigenvalue weighted by atomic mass is 16.5. The van der Waals surface area contributed by atoms with Crippen LogP contribution >= 0.6 is 0 Å². The third kappa shape index (κ3) is 3.15. The van der Waals surface area contributed by atoms with Crippen LogP contribution in [0.15, 0.2) is 40.8 Å². The number of esters is 1. The molecule has 0 aliphatic rings. The van der Waals surface area contributed by atoms with E-state index in [-0.39, 0.29) is 12.2 Å². The monoisotopic (exact) mass is 272 g/mol. The molecule has 1 aromatic carbocycles. The van der Waals surface area contributed by atoms with E-state index >= 15 is 0 Å². The topological polar surface area (TPSA) is 56.5 Å². The minimum Gasteiger partial charge on any atom is -0.465 e. The SMILES string of the molecule is CCOC(=O)c1cc(CC(=O)c2ccccc2)oc1C. The van der Waals surface area contributed by atoms with Crippen molar-refractivity contribution < 1.29 is 18.7 Å². The van der Waals surface area contributed by atoms with Gasteiger partial charge >= 0.3 is 5.97 Å². The lowest BCUT2D eigenvalue weighted by Gasteiger charge is -1.98. The van der Waals surface area contributed by atoms with Crippen LogP contribution < -0.4 is 0 Å². The van der Waals surface area contributed by atoms with Crippen molar-refractivity contribution in [2.75, 3.05) is 6.61 Å². The molecule has 104 valence electrons. The van der Waals surface area contributed by atoms with Gasteiger partial charge in [-0.15, -0.1) is 0 Å². The van der Waals surface area contributed by atoms with Gasteiger partial charge in [-0.05, 0) is 19.9 Å². The number of carbonyl (C=O) groups excluding carboxylic acids is 2. The van der Waals surface area contributed by atoms with Gasteiger partial charge in [0.1, 0.15) is 17.1 Å². The molecule has 0 atom stereocenters. The Morgan fingerprint density at radius 3 is 2.55 bits per heavy atom. The van der Waals surface area contributed by atoms with Crippen LogP contribution in [0.2, 0.25) is 0 Å². The summed E-state index contributed by atoms with van der Waals surface area (Å²) in [7, 11) is 0. The Bertz CT molecular complexity index is 611. The van der Waals surface area contributed by atoms with Crippen LogP contribution in [0.25, 0.3) is 0 Å². The van der Waals surface area contributed by atoms with Crippen molar-refractivity contribution >= 4 is 11.8 Å². The zero-order valence-electron chi connectivity index (χ0n) is 11.5. The van der Waals surface area contributed by atoms with Crippen molar-refractivity contribution in [3.05, 3.63) is 59.0 Å². The number of benzene rings is 1. The number of furan rings is 1. The molecule has 1 heterocycles. The molecule has 0 bridgehead atoms. The minimum atomic E-state index is -0.424. The summed E-state index contributed by atoms with van der Waals surface area (Å²) >= 11 is 0. The van der Waals surface area contributed by atoms with Gasteiger partial charge in [0, 0.05) is 5.56 Å². The van der Waals surface area contributed by atoms with Gasteiger partial charge in [0.05, 0.1) is 13.0 Å². The molecule has 4 heteroatoms. The third-order valence-corrected chi connectivity index (χ3v) is 2.89. The molecule has 0 aliphatic heterocycles. The molecule has 0 saturated carbocycles. The standard InChI is InChI=1S/C16H16O4/c1-3-19-16(18)14-9-13(20-11(14)2)10-15(17)12-7-5-4-6-8-12/h4-9H,3,10H2,1-2H3. The summed E-state index contributed by atoms with van der Waals surface area (Å²) in [6, 6.07) is 10.6. The van der Waals surface area contributed by atoms with E-state index in [9.17, 15) is 9.59 Å². The second-order valence-electron chi connectivity index (χ2n) is 4.37. The quantitative estimate of drug-likeness (QED) is 0.619. The smallest absolute Gasteiger partial charge is 0.341 e. The predicted molar refractivity (Wildman–Crippen MR) is 73.9 cm³/mol. The second-order valence-corrected chi connectivity index (χ2v) is 4.37. The lowest BCUT2D eigenvalue weighted by Crippen LogP contribution is -2.05. The van der Waals surface area contributed by atoms with Crippen molar-refractivity contribution in [2.24, 2.45) is 0 Å². The summed E-state index contributed by atoms with van der Waals surface area (Å²) < 4.78 is 10.4. The molecular formula is C16H16O4. The van der Waals surface area contributed by atoms with Crippen molar-refractivity contribution in [2.45, 2.75) is 20.3 Å². The number of hydrogen-bond donors (Lipinski definition) is 0. The highest BCUT2D eigenvalue weighted by Crippen LogP contribution is 2.17. The molecule has 2 aromatic rings. The molecule has 0 amide bonds. The molecular weight excluding hydrogens is 256 g/mol. The normalized spacial score (nSPS) is 10.3. The summed E-state index contributed by atoms with van der Waals surface area (Å²) in [5, 5.41) is 0. The van der Waals surface area contributed by atoms with Gasteiger partial charge in [-0.25, -0.2) is 4.79 Å². The zero-order chi connectivity index (χ0) is 14.5. The van der Waals surface area contributed by atoms with E-state index in [0.29, 0.717) is 29.3 Å². The van der Waals surface area contributed by atoms with E-state index in [4.69, 9.17) is 9.15 Å². The summed E-state index contributed by atoms with van der Waals surface area (Å²) in [5.41, 5.74) is 1.00. The number of ketones is 1. The average Bonchev–Trinajstić information content (AvgIpc) is 2.81. The van der Waals surface area contributed by atoms with E-state index in [1.165, 1.54) is 0 Å². The number of ether oxygens (including phenoxy) is 1. The first kappa shape index (κ1) is 14.1. The first-order chi connectivity index (χ1) is 9.61. The van der Waals surface area contributed by atoms with E-state index in [2.05, 4.69) is 0 Å². The number of rotatable bonds is 5. The maximum Gasteiger partial charge on any atom is 0.341 e. The maximum atomic E-state index is 12.1. The minimum absolute atomic E-state index is 0.0465. The average molecular weight is 272 g/mol. The van der Waals surface area contributed by atoms with Gasteiger partial charge in [0.15, 0.2) is 5.78 Å². The van der Waals surface area contributed by atoms with Crippen molar-refractivity contribution in [1.82, 2.24) is 0 Å². The van der Waals surface area contributed by atoms with Gasteiger partial charge in [-0.3, -0.25) is 4.79 Å². The molecule has 0 radical (unpaired) electrons. The molecule has 0 spiro atoms. The summed E-state index contributed by atoms with van der Waals surface area (Å²) in [6.07, 6.45) is 0.129. The van der Waals surface area contributed by atoms with Crippen molar-refractivity contribution in [1.29, 1.82) is 0 Å². The molecule has 0 saturated heterocycles. The van der Waals surface area contributed by atoms with Crippen LogP contribution in [0.1, 0.15) is 39.2 Å². The zero-order valence-corrected chi connectivity index (χ0v) is 11.5. The molecule has 0 N–H and O–H groups in total. The summed E-state index contributed by atoms with van der Waals surface area (Å²) in [6.45, 7) is 3.73. The van der Waals surface area contributed by atoms with Crippen molar-refractivity contribution in [3.8, 4) is 0 Å².